The first-order valence-electron chi connectivity index (χ1n) is 7.07. The Labute approximate surface area is 127 Å². The number of nitrogens with zero attached hydrogens (tertiary/aromatic N) is 1. The number of benzene rings is 3. The van der Waals surface area contributed by atoms with Gasteiger partial charge >= 0.3 is 5.97 Å². The second kappa shape index (κ2) is 4.74. The number of hydrogen-bond acceptors (Lipinski definition) is 1. The van der Waals surface area contributed by atoms with Crippen molar-refractivity contribution in [2.45, 2.75) is 0 Å². The molecule has 1 aromatic heterocycles. The van der Waals surface area contributed by atoms with E-state index in [0.29, 0.717) is 5.56 Å². The van der Waals surface area contributed by atoms with Gasteiger partial charge in [-0.1, -0.05) is 36.4 Å². The Morgan fingerprint density at radius 2 is 1.45 bits per heavy atom. The molecular formula is C19H13NO2. The van der Waals surface area contributed by atoms with Crippen molar-refractivity contribution >= 4 is 27.8 Å². The summed E-state index contributed by atoms with van der Waals surface area (Å²) in [4.78, 5) is 11.3. The van der Waals surface area contributed by atoms with E-state index in [4.69, 9.17) is 0 Å². The largest absolute Gasteiger partial charge is 0.478 e. The zero-order valence-corrected chi connectivity index (χ0v) is 11.7. The summed E-state index contributed by atoms with van der Waals surface area (Å²) in [5.74, 6) is -0.904. The predicted molar refractivity (Wildman–Crippen MR) is 87.7 cm³/mol. The van der Waals surface area contributed by atoms with Crippen molar-refractivity contribution in [1.82, 2.24) is 4.57 Å². The van der Waals surface area contributed by atoms with Gasteiger partial charge in [0.25, 0.3) is 0 Å². The van der Waals surface area contributed by atoms with Crippen LogP contribution in [-0.2, 0) is 0 Å². The molecule has 1 N–H and O–H groups in total. The molecule has 0 aliphatic rings. The fourth-order valence-electron chi connectivity index (χ4n) is 2.96. The van der Waals surface area contributed by atoms with E-state index >= 15 is 0 Å². The highest BCUT2D eigenvalue weighted by atomic mass is 16.4. The number of aromatic carboxylic acids is 1. The van der Waals surface area contributed by atoms with Gasteiger partial charge < -0.3 is 9.67 Å². The Hall–Kier alpha value is -3.07. The summed E-state index contributed by atoms with van der Waals surface area (Å²) in [6, 6.07) is 23.4. The van der Waals surface area contributed by atoms with Crippen molar-refractivity contribution in [2.24, 2.45) is 0 Å². The molecule has 0 bridgehead atoms. The molecule has 0 atom stereocenters. The van der Waals surface area contributed by atoms with E-state index in [0.717, 1.165) is 27.5 Å². The summed E-state index contributed by atoms with van der Waals surface area (Å²) in [6.45, 7) is 0. The van der Waals surface area contributed by atoms with Crippen LogP contribution >= 0.6 is 0 Å². The smallest absolute Gasteiger partial charge is 0.335 e. The summed E-state index contributed by atoms with van der Waals surface area (Å²) in [7, 11) is 0. The van der Waals surface area contributed by atoms with Crippen LogP contribution in [0.5, 0.6) is 0 Å². The van der Waals surface area contributed by atoms with Crippen molar-refractivity contribution in [3.63, 3.8) is 0 Å². The number of carboxylic acids is 1. The number of fused-ring (bicyclic) bond motifs is 3. The molecule has 106 valence electrons. The minimum absolute atomic E-state index is 0.309. The standard InChI is InChI=1S/C19H13NO2/c21-19(22)13-10-11-18-16(12-13)15-8-4-5-9-17(15)20(18)14-6-2-1-3-7-14/h1-12H,(H,21,22). The lowest BCUT2D eigenvalue weighted by atomic mass is 10.1. The van der Waals surface area contributed by atoms with Crippen LogP contribution in [0.2, 0.25) is 0 Å². The van der Waals surface area contributed by atoms with Crippen molar-refractivity contribution in [3.05, 3.63) is 78.4 Å². The minimum Gasteiger partial charge on any atom is -0.478 e. The van der Waals surface area contributed by atoms with Crippen molar-refractivity contribution in [1.29, 1.82) is 0 Å². The maximum Gasteiger partial charge on any atom is 0.335 e. The Balaban J connectivity index is 2.17. The molecule has 0 aliphatic carbocycles. The first kappa shape index (κ1) is 12.7. The molecule has 0 saturated heterocycles. The van der Waals surface area contributed by atoms with Crippen molar-refractivity contribution in [2.75, 3.05) is 0 Å². The molecule has 0 unspecified atom stereocenters. The Morgan fingerprint density at radius 3 is 2.23 bits per heavy atom. The minimum atomic E-state index is -0.904. The summed E-state index contributed by atoms with van der Waals surface area (Å²) in [5, 5.41) is 11.3. The molecule has 22 heavy (non-hydrogen) atoms. The van der Waals surface area contributed by atoms with Gasteiger partial charge in [0.15, 0.2) is 0 Å². The molecule has 4 rings (SSSR count). The third-order valence-corrected chi connectivity index (χ3v) is 3.93. The van der Waals surface area contributed by atoms with E-state index in [-0.39, 0.29) is 0 Å². The first-order chi connectivity index (χ1) is 10.8. The van der Waals surface area contributed by atoms with Crippen LogP contribution in [0.3, 0.4) is 0 Å². The highest BCUT2D eigenvalue weighted by molar-refractivity contribution is 6.11. The summed E-state index contributed by atoms with van der Waals surface area (Å²) >= 11 is 0. The summed E-state index contributed by atoms with van der Waals surface area (Å²) in [6.07, 6.45) is 0. The van der Waals surface area contributed by atoms with E-state index in [9.17, 15) is 9.90 Å². The molecule has 0 amide bonds. The lowest BCUT2D eigenvalue weighted by Crippen LogP contribution is -1.96. The topological polar surface area (TPSA) is 42.2 Å². The van der Waals surface area contributed by atoms with Crippen LogP contribution in [0.4, 0.5) is 0 Å². The maximum absolute atomic E-state index is 11.3. The van der Waals surface area contributed by atoms with Crippen LogP contribution in [0.1, 0.15) is 10.4 Å². The quantitative estimate of drug-likeness (QED) is 0.590. The van der Waals surface area contributed by atoms with Gasteiger partial charge in [0, 0.05) is 16.5 Å². The van der Waals surface area contributed by atoms with Crippen LogP contribution in [-0.4, -0.2) is 15.6 Å². The first-order valence-corrected chi connectivity index (χ1v) is 7.07. The van der Waals surface area contributed by atoms with Crippen molar-refractivity contribution < 1.29 is 9.90 Å². The monoisotopic (exact) mass is 287 g/mol. The second-order valence-electron chi connectivity index (χ2n) is 5.23. The summed E-state index contributed by atoms with van der Waals surface area (Å²) in [5.41, 5.74) is 3.46. The molecule has 4 aromatic rings. The average molecular weight is 287 g/mol. The number of carboxylic acid groups (broad SMARTS) is 1. The molecule has 0 spiro atoms. The van der Waals surface area contributed by atoms with Gasteiger partial charge in [-0.05, 0) is 36.4 Å². The van der Waals surface area contributed by atoms with Crippen LogP contribution in [0.25, 0.3) is 27.5 Å². The van der Waals surface area contributed by atoms with E-state index in [1.54, 1.807) is 12.1 Å². The fraction of sp³-hybridized carbons (Fsp3) is 0. The molecule has 1 heterocycles. The van der Waals surface area contributed by atoms with Gasteiger partial charge in [-0.2, -0.15) is 0 Å². The number of aromatic nitrogens is 1. The van der Waals surface area contributed by atoms with Crippen molar-refractivity contribution in [3.8, 4) is 5.69 Å². The van der Waals surface area contributed by atoms with Crippen LogP contribution in [0, 0.1) is 0 Å². The van der Waals surface area contributed by atoms with Gasteiger partial charge in [0.1, 0.15) is 0 Å². The number of rotatable bonds is 2. The van der Waals surface area contributed by atoms with Crippen LogP contribution in [0.15, 0.2) is 72.8 Å². The summed E-state index contributed by atoms with van der Waals surface area (Å²) < 4.78 is 2.16. The van der Waals surface area contributed by atoms with E-state index < -0.39 is 5.97 Å². The normalized spacial score (nSPS) is 11.1. The third-order valence-electron chi connectivity index (χ3n) is 3.93. The zero-order valence-electron chi connectivity index (χ0n) is 11.7. The van der Waals surface area contributed by atoms with E-state index in [2.05, 4.69) is 22.8 Å². The van der Waals surface area contributed by atoms with Gasteiger partial charge in [-0.25, -0.2) is 4.79 Å². The molecule has 0 radical (unpaired) electrons. The highest BCUT2D eigenvalue weighted by Crippen LogP contribution is 2.32. The van der Waals surface area contributed by atoms with Crippen LogP contribution < -0.4 is 0 Å². The molecule has 0 aliphatic heterocycles. The van der Waals surface area contributed by atoms with Gasteiger partial charge in [-0.3, -0.25) is 0 Å². The van der Waals surface area contributed by atoms with Gasteiger partial charge in [0.05, 0.1) is 16.6 Å². The van der Waals surface area contributed by atoms with E-state index in [1.165, 1.54) is 0 Å². The lowest BCUT2D eigenvalue weighted by Gasteiger charge is -2.07. The molecule has 0 fully saturated rings. The van der Waals surface area contributed by atoms with Gasteiger partial charge in [0.2, 0.25) is 0 Å². The molecule has 3 heteroatoms. The fourth-order valence-corrected chi connectivity index (χ4v) is 2.96. The zero-order chi connectivity index (χ0) is 15.1. The second-order valence-corrected chi connectivity index (χ2v) is 5.23. The SMILES string of the molecule is O=C(O)c1ccc2c(c1)c1ccccc1n2-c1ccccc1. The number of para-hydroxylation sites is 2. The average Bonchev–Trinajstić information content (AvgIpc) is 2.89. The van der Waals surface area contributed by atoms with Gasteiger partial charge in [-0.15, -0.1) is 0 Å². The van der Waals surface area contributed by atoms with E-state index in [1.807, 2.05) is 42.5 Å². The maximum atomic E-state index is 11.3. The Kier molecular flexibility index (Phi) is 2.73. The molecule has 3 aromatic carbocycles. The lowest BCUT2D eigenvalue weighted by molar-refractivity contribution is 0.0697. The highest BCUT2D eigenvalue weighted by Gasteiger charge is 2.13. The Bertz CT molecular complexity index is 1000. The molecule has 3 nitrogen and oxygen atoms in total. The number of hydrogen-bond donors (Lipinski definition) is 1. The molecular weight excluding hydrogens is 274 g/mol. The molecule has 0 saturated carbocycles. The Morgan fingerprint density at radius 1 is 0.773 bits per heavy atom. The predicted octanol–water partition coefficient (Wildman–Crippen LogP) is 4.48. The number of carbonyl (C=O) groups is 1. The third kappa shape index (κ3) is 1.79.